The summed E-state index contributed by atoms with van der Waals surface area (Å²) >= 11 is 0. The summed E-state index contributed by atoms with van der Waals surface area (Å²) in [6.07, 6.45) is 7.77. The van der Waals surface area contributed by atoms with Gasteiger partial charge in [-0.3, -0.25) is 4.90 Å². The van der Waals surface area contributed by atoms with E-state index in [1.807, 2.05) is 36.4 Å². The second-order valence-electron chi connectivity index (χ2n) is 6.31. The molecule has 2 N–H and O–H groups in total. The summed E-state index contributed by atoms with van der Waals surface area (Å²) < 4.78 is 5.15. The van der Waals surface area contributed by atoms with E-state index in [-0.39, 0.29) is 6.61 Å². The van der Waals surface area contributed by atoms with Crippen molar-refractivity contribution in [2.75, 3.05) is 32.9 Å². The maximum absolute atomic E-state index is 10.2. The van der Waals surface area contributed by atoms with Gasteiger partial charge in [0.2, 0.25) is 0 Å². The number of likely N-dealkylation sites (tertiary alicyclic amines) is 1. The maximum Gasteiger partial charge on any atom is 0.107 e. The van der Waals surface area contributed by atoms with E-state index in [1.165, 1.54) is 12.8 Å². The summed E-state index contributed by atoms with van der Waals surface area (Å²) in [6, 6.07) is 10.4. The highest BCUT2D eigenvalue weighted by Gasteiger charge is 2.19. The van der Waals surface area contributed by atoms with Crippen molar-refractivity contribution < 1.29 is 14.9 Å². The van der Waals surface area contributed by atoms with Crippen LogP contribution >= 0.6 is 0 Å². The summed E-state index contributed by atoms with van der Waals surface area (Å²) in [5.41, 5.74) is 1.15. The molecule has 1 saturated heterocycles. The van der Waals surface area contributed by atoms with Crippen LogP contribution in [0.5, 0.6) is 0 Å². The third kappa shape index (κ3) is 7.85. The third-order valence-corrected chi connectivity index (χ3v) is 4.32. The minimum absolute atomic E-state index is 0.0337. The number of aliphatic hydroxyl groups excluding tert-OH is 2. The van der Waals surface area contributed by atoms with Crippen LogP contribution in [0, 0.1) is 11.8 Å². The Bertz CT molecular complexity index is 561. The van der Waals surface area contributed by atoms with Gasteiger partial charge in [0.25, 0.3) is 0 Å². The zero-order valence-corrected chi connectivity index (χ0v) is 14.8. The van der Waals surface area contributed by atoms with Crippen LogP contribution in [0.1, 0.15) is 24.8 Å². The lowest BCUT2D eigenvalue weighted by Crippen LogP contribution is -2.38. The molecular weight excluding hydrogens is 314 g/mol. The summed E-state index contributed by atoms with van der Waals surface area (Å²) in [5, 5.41) is 18.9. The first kappa shape index (κ1) is 19.7. The van der Waals surface area contributed by atoms with Crippen LogP contribution in [-0.4, -0.2) is 60.2 Å². The fourth-order valence-corrected chi connectivity index (χ4v) is 3.01. The van der Waals surface area contributed by atoms with Crippen LogP contribution in [0.15, 0.2) is 42.5 Å². The molecular formula is C21H29NO3. The molecule has 0 radical (unpaired) electrons. The van der Waals surface area contributed by atoms with Crippen molar-refractivity contribution in [2.45, 2.75) is 37.8 Å². The van der Waals surface area contributed by atoms with Crippen LogP contribution < -0.4 is 0 Å². The molecule has 4 heteroatoms. The molecule has 0 saturated carbocycles. The number of hydrogen-bond donors (Lipinski definition) is 2. The van der Waals surface area contributed by atoms with Gasteiger partial charge in [-0.1, -0.05) is 60.7 Å². The number of hydrogen-bond acceptors (Lipinski definition) is 4. The Morgan fingerprint density at radius 3 is 2.88 bits per heavy atom. The predicted octanol–water partition coefficient (Wildman–Crippen LogP) is 2.01. The van der Waals surface area contributed by atoms with Gasteiger partial charge in [0.15, 0.2) is 0 Å². The highest BCUT2D eigenvalue weighted by atomic mass is 16.5. The van der Waals surface area contributed by atoms with Gasteiger partial charge in [0, 0.05) is 12.5 Å². The fraction of sp³-hybridized carbons (Fsp3) is 0.524. The van der Waals surface area contributed by atoms with Crippen LogP contribution in [0.25, 0.3) is 0 Å². The first-order valence-electron chi connectivity index (χ1n) is 9.08. The molecule has 0 aliphatic carbocycles. The van der Waals surface area contributed by atoms with Crippen LogP contribution in [-0.2, 0) is 11.2 Å². The van der Waals surface area contributed by atoms with Crippen molar-refractivity contribution in [3.8, 4) is 11.8 Å². The van der Waals surface area contributed by atoms with Crippen molar-refractivity contribution in [1.29, 1.82) is 0 Å². The average Bonchev–Trinajstić information content (AvgIpc) is 2.64. The van der Waals surface area contributed by atoms with Crippen molar-refractivity contribution in [2.24, 2.45) is 0 Å². The number of rotatable bonds is 8. The Balaban J connectivity index is 1.80. The summed E-state index contributed by atoms with van der Waals surface area (Å²) in [6.45, 7) is 2.49. The number of aliphatic hydroxyl groups is 2. The molecule has 1 aromatic rings. The lowest BCUT2D eigenvalue weighted by atomic mass is 10.00. The zero-order chi connectivity index (χ0) is 17.7. The van der Waals surface area contributed by atoms with E-state index in [0.29, 0.717) is 32.2 Å². The van der Waals surface area contributed by atoms with Gasteiger partial charge in [0.05, 0.1) is 25.9 Å². The molecule has 1 heterocycles. The van der Waals surface area contributed by atoms with E-state index in [1.54, 1.807) is 0 Å². The maximum atomic E-state index is 10.2. The molecule has 136 valence electrons. The van der Waals surface area contributed by atoms with E-state index >= 15 is 0 Å². The van der Waals surface area contributed by atoms with Gasteiger partial charge in [-0.15, -0.1) is 0 Å². The van der Waals surface area contributed by atoms with Crippen LogP contribution in [0.2, 0.25) is 0 Å². The molecule has 1 unspecified atom stereocenters. The van der Waals surface area contributed by atoms with Gasteiger partial charge < -0.3 is 14.9 Å². The molecule has 0 aromatic heterocycles. The normalized spacial score (nSPS) is 19.5. The van der Waals surface area contributed by atoms with Crippen molar-refractivity contribution in [3.05, 3.63) is 48.0 Å². The van der Waals surface area contributed by atoms with Crippen LogP contribution in [0.4, 0.5) is 0 Å². The van der Waals surface area contributed by atoms with Crippen molar-refractivity contribution in [3.63, 3.8) is 0 Å². The molecule has 4 nitrogen and oxygen atoms in total. The van der Waals surface area contributed by atoms with E-state index in [9.17, 15) is 5.11 Å². The third-order valence-electron chi connectivity index (χ3n) is 4.32. The lowest BCUT2D eigenvalue weighted by molar-refractivity contribution is 0.115. The predicted molar refractivity (Wildman–Crippen MR) is 100 cm³/mol. The highest BCUT2D eigenvalue weighted by molar-refractivity contribution is 5.17. The SMILES string of the molecule is OCCOCC#CCN1CCCC[C@@H]1/C=C/C(O)Cc1ccccc1. The van der Waals surface area contributed by atoms with E-state index in [0.717, 1.165) is 18.5 Å². The van der Waals surface area contributed by atoms with Gasteiger partial charge in [0.1, 0.15) is 6.61 Å². The van der Waals surface area contributed by atoms with E-state index in [2.05, 4.69) is 22.8 Å². The Morgan fingerprint density at radius 2 is 2.08 bits per heavy atom. The molecule has 1 aliphatic rings. The van der Waals surface area contributed by atoms with Crippen LogP contribution in [0.3, 0.4) is 0 Å². The average molecular weight is 343 g/mol. The first-order valence-corrected chi connectivity index (χ1v) is 9.08. The minimum Gasteiger partial charge on any atom is -0.394 e. The quantitative estimate of drug-likeness (QED) is 0.431. The van der Waals surface area contributed by atoms with Gasteiger partial charge in [-0.05, 0) is 24.9 Å². The molecule has 2 atom stereocenters. The van der Waals surface area contributed by atoms with E-state index in [4.69, 9.17) is 9.84 Å². The standard InChI is InChI=1S/C21H29NO3/c23-15-17-25-16-7-6-14-22-13-5-4-10-20(22)11-12-21(24)18-19-8-2-1-3-9-19/h1-3,8-9,11-12,20-21,23-24H,4-5,10,13-18H2/b12-11+/t20-,21?/m1/s1. The lowest BCUT2D eigenvalue weighted by Gasteiger charge is -2.32. The topological polar surface area (TPSA) is 52.9 Å². The Morgan fingerprint density at radius 1 is 1.24 bits per heavy atom. The summed E-state index contributed by atoms with van der Waals surface area (Å²) in [4.78, 5) is 2.36. The van der Waals surface area contributed by atoms with Crippen molar-refractivity contribution >= 4 is 0 Å². The highest BCUT2D eigenvalue weighted by Crippen LogP contribution is 2.18. The Hall–Kier alpha value is -1.64. The molecule has 1 aromatic carbocycles. The summed E-state index contributed by atoms with van der Waals surface area (Å²) in [7, 11) is 0. The Labute approximate surface area is 151 Å². The molecule has 2 rings (SSSR count). The van der Waals surface area contributed by atoms with E-state index < -0.39 is 6.10 Å². The number of ether oxygens (including phenoxy) is 1. The fourth-order valence-electron chi connectivity index (χ4n) is 3.01. The van der Waals surface area contributed by atoms with Gasteiger partial charge >= 0.3 is 0 Å². The second kappa shape index (κ2) is 11.8. The second-order valence-corrected chi connectivity index (χ2v) is 6.31. The monoisotopic (exact) mass is 343 g/mol. The number of nitrogens with zero attached hydrogens (tertiary/aromatic N) is 1. The van der Waals surface area contributed by atoms with Gasteiger partial charge in [-0.2, -0.15) is 0 Å². The van der Waals surface area contributed by atoms with Crippen molar-refractivity contribution in [1.82, 2.24) is 4.90 Å². The Kier molecular flexibility index (Phi) is 9.32. The number of benzene rings is 1. The minimum atomic E-state index is -0.454. The molecule has 1 fully saturated rings. The molecule has 0 amide bonds. The molecule has 0 spiro atoms. The smallest absolute Gasteiger partial charge is 0.107 e. The summed E-state index contributed by atoms with van der Waals surface area (Å²) in [5.74, 6) is 6.13. The zero-order valence-electron chi connectivity index (χ0n) is 14.8. The number of piperidine rings is 1. The first-order chi connectivity index (χ1) is 12.3. The molecule has 25 heavy (non-hydrogen) atoms. The van der Waals surface area contributed by atoms with Gasteiger partial charge in [-0.25, -0.2) is 0 Å². The molecule has 1 aliphatic heterocycles. The molecule has 0 bridgehead atoms. The largest absolute Gasteiger partial charge is 0.394 e.